The topological polar surface area (TPSA) is 93.8 Å². The number of hydrogen-bond acceptors (Lipinski definition) is 6. The predicted octanol–water partition coefficient (Wildman–Crippen LogP) is 6.79. The molecule has 4 aromatic rings. The van der Waals surface area contributed by atoms with Gasteiger partial charge in [-0.1, -0.05) is 42.5 Å². The van der Waals surface area contributed by atoms with Gasteiger partial charge in [-0.3, -0.25) is 14.9 Å². The molecule has 1 aliphatic carbocycles. The Balaban J connectivity index is 1.30. The molecule has 0 saturated heterocycles. The van der Waals surface area contributed by atoms with Crippen LogP contribution in [0.1, 0.15) is 50.3 Å². The first-order valence-corrected chi connectivity index (χ1v) is 13.4. The van der Waals surface area contributed by atoms with Crippen LogP contribution in [0.3, 0.4) is 0 Å². The van der Waals surface area contributed by atoms with Gasteiger partial charge in [0.2, 0.25) is 0 Å². The molecular formula is C30H27N3O4S. The van der Waals surface area contributed by atoms with Crippen LogP contribution in [0.15, 0.2) is 83.9 Å². The number of non-ortho nitro benzene ring substituents is 1. The minimum atomic E-state index is -0.421. The Hall–Kier alpha value is -4.30. The summed E-state index contributed by atoms with van der Waals surface area (Å²) in [5.74, 6) is 0.583. The Bertz CT molecular complexity index is 1460. The van der Waals surface area contributed by atoms with Crippen LogP contribution in [0, 0.1) is 10.1 Å². The van der Waals surface area contributed by atoms with E-state index in [2.05, 4.69) is 5.32 Å². The third-order valence-corrected chi connectivity index (χ3v) is 7.62. The van der Waals surface area contributed by atoms with Gasteiger partial charge in [-0.05, 0) is 72.2 Å². The summed E-state index contributed by atoms with van der Waals surface area (Å²) in [6, 6.07) is 23.8. The summed E-state index contributed by atoms with van der Waals surface area (Å²) < 4.78 is 5.89. The summed E-state index contributed by atoms with van der Waals surface area (Å²) in [6.07, 6.45) is 5.88. The molecule has 8 heteroatoms. The maximum Gasteiger partial charge on any atom is 0.269 e. The van der Waals surface area contributed by atoms with Gasteiger partial charge in [0, 0.05) is 29.8 Å². The molecule has 192 valence electrons. The smallest absolute Gasteiger partial charge is 0.269 e. The minimum Gasteiger partial charge on any atom is -0.489 e. The van der Waals surface area contributed by atoms with E-state index in [4.69, 9.17) is 9.73 Å². The Morgan fingerprint density at radius 2 is 1.79 bits per heavy atom. The van der Waals surface area contributed by atoms with Crippen molar-refractivity contribution in [2.45, 2.75) is 38.8 Å². The molecule has 0 atom stereocenters. The number of carbonyl (C=O) groups is 1. The van der Waals surface area contributed by atoms with Crippen molar-refractivity contribution in [3.05, 3.63) is 122 Å². The summed E-state index contributed by atoms with van der Waals surface area (Å²) in [5, 5.41) is 14.7. The van der Waals surface area contributed by atoms with E-state index in [0.717, 1.165) is 52.9 Å². The molecule has 0 fully saturated rings. The quantitative estimate of drug-likeness (QED) is 0.148. The maximum atomic E-state index is 13.3. The highest BCUT2D eigenvalue weighted by molar-refractivity contribution is 7.16. The average molecular weight is 526 g/mol. The van der Waals surface area contributed by atoms with Gasteiger partial charge in [-0.25, -0.2) is 4.99 Å². The molecule has 38 heavy (non-hydrogen) atoms. The van der Waals surface area contributed by atoms with Gasteiger partial charge in [0.15, 0.2) is 0 Å². The Labute approximate surface area is 225 Å². The van der Waals surface area contributed by atoms with Crippen molar-refractivity contribution in [3.63, 3.8) is 0 Å². The van der Waals surface area contributed by atoms with Crippen molar-refractivity contribution in [2.75, 3.05) is 0 Å². The summed E-state index contributed by atoms with van der Waals surface area (Å²) in [6.45, 7) is 0.767. The maximum absolute atomic E-state index is 13.3. The van der Waals surface area contributed by atoms with Gasteiger partial charge in [-0.15, -0.1) is 11.3 Å². The zero-order valence-electron chi connectivity index (χ0n) is 20.8. The second-order valence-electron chi connectivity index (χ2n) is 9.10. The number of nitro benzene ring substituents is 1. The molecule has 5 rings (SSSR count). The Kier molecular flexibility index (Phi) is 7.89. The third-order valence-electron chi connectivity index (χ3n) is 6.42. The number of thiophene rings is 1. The first-order valence-electron chi connectivity index (χ1n) is 12.5. The molecule has 7 nitrogen and oxygen atoms in total. The van der Waals surface area contributed by atoms with Crippen LogP contribution < -0.4 is 10.1 Å². The highest BCUT2D eigenvalue weighted by Gasteiger charge is 2.25. The van der Waals surface area contributed by atoms with Crippen molar-refractivity contribution in [1.82, 2.24) is 5.32 Å². The molecule has 1 amide bonds. The summed E-state index contributed by atoms with van der Waals surface area (Å²) >= 11 is 1.61. The lowest BCUT2D eigenvalue weighted by atomic mass is 9.95. The van der Waals surface area contributed by atoms with Crippen LogP contribution in [0.4, 0.5) is 10.7 Å². The molecule has 1 heterocycles. The molecule has 0 aliphatic heterocycles. The molecule has 3 aromatic carbocycles. The van der Waals surface area contributed by atoms with Gasteiger partial charge in [-0.2, -0.15) is 0 Å². The van der Waals surface area contributed by atoms with E-state index in [0.29, 0.717) is 24.5 Å². The summed E-state index contributed by atoms with van der Waals surface area (Å²) in [5.41, 5.74) is 4.63. The lowest BCUT2D eigenvalue weighted by Gasteiger charge is -2.12. The molecule has 0 spiro atoms. The van der Waals surface area contributed by atoms with Crippen LogP contribution in [0.5, 0.6) is 5.75 Å². The SMILES string of the molecule is O=C(NCc1ccccc1)c1c(N=Cc2cccc(OCc3ccc([N+](=O)[O-])cc3)c2)sc2c1CCCC2. The normalized spacial score (nSPS) is 12.7. The van der Waals surface area contributed by atoms with Gasteiger partial charge in [0.05, 0.1) is 10.5 Å². The van der Waals surface area contributed by atoms with Crippen molar-refractivity contribution in [3.8, 4) is 5.75 Å². The first-order chi connectivity index (χ1) is 18.6. The Morgan fingerprint density at radius 3 is 2.58 bits per heavy atom. The number of ether oxygens (including phenoxy) is 1. The van der Waals surface area contributed by atoms with Gasteiger partial charge < -0.3 is 10.1 Å². The van der Waals surface area contributed by atoms with E-state index in [9.17, 15) is 14.9 Å². The monoisotopic (exact) mass is 525 g/mol. The predicted molar refractivity (Wildman–Crippen MR) is 150 cm³/mol. The van der Waals surface area contributed by atoms with Crippen molar-refractivity contribution in [2.24, 2.45) is 4.99 Å². The second-order valence-corrected chi connectivity index (χ2v) is 10.2. The van der Waals surface area contributed by atoms with Crippen LogP contribution in [0.2, 0.25) is 0 Å². The molecule has 0 bridgehead atoms. The number of nitrogens with zero attached hydrogens (tertiary/aromatic N) is 2. The summed E-state index contributed by atoms with van der Waals surface area (Å²) in [4.78, 5) is 29.7. The molecule has 0 saturated carbocycles. The number of nitrogens with one attached hydrogen (secondary N) is 1. The van der Waals surface area contributed by atoms with Crippen molar-refractivity contribution in [1.29, 1.82) is 0 Å². The van der Waals surface area contributed by atoms with Crippen LogP contribution in [0.25, 0.3) is 0 Å². The van der Waals surface area contributed by atoms with E-state index in [1.807, 2.05) is 54.6 Å². The van der Waals surface area contributed by atoms with E-state index in [1.54, 1.807) is 29.7 Å². The number of carbonyl (C=O) groups excluding carboxylic acids is 1. The van der Waals surface area contributed by atoms with Crippen LogP contribution >= 0.6 is 11.3 Å². The number of aryl methyl sites for hydroxylation is 1. The fourth-order valence-electron chi connectivity index (χ4n) is 4.44. The van der Waals surface area contributed by atoms with E-state index >= 15 is 0 Å². The van der Waals surface area contributed by atoms with Gasteiger partial charge >= 0.3 is 0 Å². The molecular weight excluding hydrogens is 498 g/mol. The van der Waals surface area contributed by atoms with Gasteiger partial charge in [0.25, 0.3) is 11.6 Å². The third kappa shape index (κ3) is 6.15. The number of rotatable bonds is 9. The number of aliphatic imine (C=N–C) groups is 1. The van der Waals surface area contributed by atoms with Gasteiger partial charge in [0.1, 0.15) is 17.4 Å². The molecule has 1 N–H and O–H groups in total. The number of fused-ring (bicyclic) bond motifs is 1. The zero-order chi connectivity index (χ0) is 26.3. The van der Waals surface area contributed by atoms with E-state index in [1.165, 1.54) is 17.0 Å². The van der Waals surface area contributed by atoms with E-state index in [-0.39, 0.29) is 11.6 Å². The molecule has 0 radical (unpaired) electrons. The highest BCUT2D eigenvalue weighted by Crippen LogP contribution is 2.40. The number of nitro groups is 1. The molecule has 1 aliphatic rings. The standard InChI is InChI=1S/C30H27N3O4S/c34-29(31-18-21-7-2-1-3-8-21)28-26-11-4-5-12-27(26)38-30(28)32-19-23-9-6-10-25(17-23)37-20-22-13-15-24(16-14-22)33(35)36/h1-3,6-10,13-17,19H,4-5,11-12,18,20H2,(H,31,34). The van der Waals surface area contributed by atoms with Crippen LogP contribution in [-0.2, 0) is 26.0 Å². The van der Waals surface area contributed by atoms with Crippen molar-refractivity contribution < 1.29 is 14.5 Å². The number of benzene rings is 3. The fourth-order valence-corrected chi connectivity index (χ4v) is 5.67. The zero-order valence-corrected chi connectivity index (χ0v) is 21.6. The lowest BCUT2D eigenvalue weighted by Crippen LogP contribution is -2.24. The Morgan fingerprint density at radius 1 is 1.00 bits per heavy atom. The number of amides is 1. The largest absolute Gasteiger partial charge is 0.489 e. The van der Waals surface area contributed by atoms with Crippen molar-refractivity contribution >= 4 is 34.1 Å². The first kappa shape index (κ1) is 25.4. The minimum absolute atomic E-state index is 0.0512. The fraction of sp³-hybridized carbons (Fsp3) is 0.200. The van der Waals surface area contributed by atoms with Crippen LogP contribution in [-0.4, -0.2) is 17.0 Å². The summed E-state index contributed by atoms with van der Waals surface area (Å²) in [7, 11) is 0. The molecule has 1 aromatic heterocycles. The second kappa shape index (κ2) is 11.8. The highest BCUT2D eigenvalue weighted by atomic mass is 32.1. The number of hydrogen-bond donors (Lipinski definition) is 1. The lowest BCUT2D eigenvalue weighted by molar-refractivity contribution is -0.384. The van der Waals surface area contributed by atoms with E-state index < -0.39 is 4.92 Å². The molecule has 0 unspecified atom stereocenters. The average Bonchev–Trinajstić information content (AvgIpc) is 3.33.